The average Bonchev–Trinajstić information content (AvgIpc) is 3.11. The first-order chi connectivity index (χ1) is 17.3. The fourth-order valence-electron chi connectivity index (χ4n) is 3.50. The zero-order valence-electron chi connectivity index (χ0n) is 19.2. The van der Waals surface area contributed by atoms with Crippen LogP contribution in [-0.2, 0) is 14.3 Å². The van der Waals surface area contributed by atoms with Gasteiger partial charge in [0.05, 0.1) is 25.5 Å². The largest absolute Gasteiger partial charge is 0.497 e. The van der Waals surface area contributed by atoms with Crippen LogP contribution in [0, 0.1) is 0 Å². The van der Waals surface area contributed by atoms with E-state index in [2.05, 4.69) is 10.6 Å². The van der Waals surface area contributed by atoms with E-state index in [0.717, 1.165) is 4.90 Å². The number of hydrogen-bond acceptors (Lipinski definition) is 7. The normalized spacial score (nSPS) is 13.0. The molecule has 10 heteroatoms. The second kappa shape index (κ2) is 10.3. The van der Waals surface area contributed by atoms with Crippen LogP contribution in [0.3, 0.4) is 0 Å². The fraction of sp³-hybridized carbons (Fsp3) is 0.0769. The molecule has 0 saturated carbocycles. The van der Waals surface area contributed by atoms with E-state index in [-0.39, 0.29) is 27.9 Å². The molecule has 0 aliphatic carbocycles. The first kappa shape index (κ1) is 24.5. The van der Waals surface area contributed by atoms with E-state index in [1.165, 1.54) is 37.4 Å². The number of carbonyl (C=O) groups excluding carboxylic acids is 4. The molecule has 36 heavy (non-hydrogen) atoms. The van der Waals surface area contributed by atoms with Gasteiger partial charge in [0, 0.05) is 16.9 Å². The van der Waals surface area contributed by atoms with Gasteiger partial charge in [-0.05, 0) is 60.7 Å². The van der Waals surface area contributed by atoms with Crippen molar-refractivity contribution < 1.29 is 28.7 Å². The fourth-order valence-corrected chi connectivity index (χ4v) is 3.71. The number of rotatable bonds is 7. The topological polar surface area (TPSA) is 114 Å². The minimum atomic E-state index is -0.750. The van der Waals surface area contributed by atoms with Crippen molar-refractivity contribution in [1.82, 2.24) is 0 Å². The number of hydrogen-bond donors (Lipinski definition) is 2. The van der Waals surface area contributed by atoms with Gasteiger partial charge in [-0.1, -0.05) is 23.7 Å². The van der Waals surface area contributed by atoms with Crippen LogP contribution in [0.1, 0.15) is 20.7 Å². The lowest BCUT2D eigenvalue weighted by Gasteiger charge is -2.16. The predicted octanol–water partition coefficient (Wildman–Crippen LogP) is 4.17. The lowest BCUT2D eigenvalue weighted by Crippen LogP contribution is -2.32. The summed E-state index contributed by atoms with van der Waals surface area (Å²) in [6.45, 7) is 0. The van der Waals surface area contributed by atoms with Gasteiger partial charge in [-0.25, -0.2) is 9.69 Å². The maximum absolute atomic E-state index is 13.1. The number of esters is 1. The molecule has 0 atom stereocenters. The molecule has 0 spiro atoms. The number of benzene rings is 3. The molecular formula is C26H20ClN3O6. The summed E-state index contributed by atoms with van der Waals surface area (Å²) in [6, 6.07) is 19.1. The highest BCUT2D eigenvalue weighted by Crippen LogP contribution is 2.31. The minimum absolute atomic E-state index is 0.155. The molecule has 0 unspecified atom stereocenters. The third-order valence-electron chi connectivity index (χ3n) is 5.29. The Morgan fingerprint density at radius 1 is 0.833 bits per heavy atom. The minimum Gasteiger partial charge on any atom is -0.497 e. The molecule has 182 valence electrons. The van der Waals surface area contributed by atoms with E-state index >= 15 is 0 Å². The molecular weight excluding hydrogens is 486 g/mol. The Kier molecular flexibility index (Phi) is 7.03. The first-order valence-electron chi connectivity index (χ1n) is 10.6. The summed E-state index contributed by atoms with van der Waals surface area (Å²) in [6.07, 6.45) is 0. The molecule has 3 aromatic rings. The van der Waals surface area contributed by atoms with Gasteiger partial charge in [0.1, 0.15) is 16.5 Å². The Balaban J connectivity index is 1.52. The van der Waals surface area contributed by atoms with Crippen LogP contribution in [0.4, 0.5) is 17.1 Å². The van der Waals surface area contributed by atoms with E-state index in [9.17, 15) is 19.2 Å². The number of imide groups is 1. The summed E-state index contributed by atoms with van der Waals surface area (Å²) >= 11 is 6.21. The molecule has 3 aromatic carbocycles. The third kappa shape index (κ3) is 4.91. The van der Waals surface area contributed by atoms with Gasteiger partial charge in [-0.15, -0.1) is 0 Å². The number of nitrogens with one attached hydrogen (secondary N) is 2. The van der Waals surface area contributed by atoms with Gasteiger partial charge in [0.2, 0.25) is 0 Å². The Bertz CT molecular complexity index is 1400. The third-order valence-corrected chi connectivity index (χ3v) is 5.65. The molecule has 2 N–H and O–H groups in total. The van der Waals surface area contributed by atoms with E-state index < -0.39 is 17.8 Å². The highest BCUT2D eigenvalue weighted by molar-refractivity contribution is 6.53. The molecule has 1 aliphatic rings. The number of anilines is 3. The van der Waals surface area contributed by atoms with Crippen LogP contribution in [0.15, 0.2) is 83.5 Å². The zero-order valence-corrected chi connectivity index (χ0v) is 20.0. The maximum Gasteiger partial charge on any atom is 0.337 e. The Labute approximate surface area is 211 Å². The van der Waals surface area contributed by atoms with Crippen molar-refractivity contribution in [1.29, 1.82) is 0 Å². The predicted molar refractivity (Wildman–Crippen MR) is 134 cm³/mol. The van der Waals surface area contributed by atoms with Gasteiger partial charge in [0.25, 0.3) is 17.7 Å². The highest BCUT2D eigenvalue weighted by Gasteiger charge is 2.39. The smallest absolute Gasteiger partial charge is 0.337 e. The van der Waals surface area contributed by atoms with Crippen molar-refractivity contribution in [2.45, 2.75) is 0 Å². The monoisotopic (exact) mass is 505 g/mol. The van der Waals surface area contributed by atoms with Gasteiger partial charge in [-0.2, -0.15) is 0 Å². The van der Waals surface area contributed by atoms with Crippen LogP contribution < -0.4 is 20.3 Å². The molecule has 0 aromatic heterocycles. The summed E-state index contributed by atoms with van der Waals surface area (Å²) in [5.74, 6) is -1.79. The van der Waals surface area contributed by atoms with Crippen LogP contribution in [-0.4, -0.2) is 37.9 Å². The molecule has 3 amide bonds. The number of methoxy groups -OCH3 is 2. The summed E-state index contributed by atoms with van der Waals surface area (Å²) in [5.41, 5.74) is 1.44. The van der Waals surface area contributed by atoms with Crippen molar-refractivity contribution in [3.05, 3.63) is 94.7 Å². The summed E-state index contributed by atoms with van der Waals surface area (Å²) in [5, 5.41) is 5.29. The molecule has 9 nitrogen and oxygen atoms in total. The highest BCUT2D eigenvalue weighted by atomic mass is 35.5. The molecule has 0 bridgehead atoms. The molecule has 4 rings (SSSR count). The Morgan fingerprint density at radius 3 is 2.22 bits per heavy atom. The number of ether oxygens (including phenoxy) is 2. The number of nitrogens with zero attached hydrogens (tertiary/aromatic N) is 1. The quantitative estimate of drug-likeness (QED) is 0.366. The second-order valence-electron chi connectivity index (χ2n) is 7.57. The Morgan fingerprint density at radius 2 is 1.53 bits per heavy atom. The molecule has 1 aliphatic heterocycles. The van der Waals surface area contributed by atoms with Gasteiger partial charge < -0.3 is 20.1 Å². The SMILES string of the molecule is COC(=O)c1cccc(N2C(=O)C(Cl)=C(Nc3cccc(C(=O)Nc4ccc(OC)cc4)c3)C2=O)c1. The average molecular weight is 506 g/mol. The van der Waals surface area contributed by atoms with E-state index in [0.29, 0.717) is 22.7 Å². The van der Waals surface area contributed by atoms with Crippen LogP contribution in [0.2, 0.25) is 0 Å². The van der Waals surface area contributed by atoms with Crippen LogP contribution >= 0.6 is 11.6 Å². The summed E-state index contributed by atoms with van der Waals surface area (Å²) < 4.78 is 9.80. The van der Waals surface area contributed by atoms with E-state index in [1.54, 1.807) is 49.6 Å². The summed E-state index contributed by atoms with van der Waals surface area (Å²) in [4.78, 5) is 51.3. The Hall–Kier alpha value is -4.63. The second-order valence-corrected chi connectivity index (χ2v) is 7.94. The lowest BCUT2D eigenvalue weighted by atomic mass is 10.1. The zero-order chi connectivity index (χ0) is 25.8. The number of halogens is 1. The van der Waals surface area contributed by atoms with Crippen molar-refractivity contribution in [2.75, 3.05) is 29.8 Å². The standard InChI is InChI=1S/C26H20ClN3O6/c1-35-20-11-9-17(10-12-20)29-23(31)15-5-3-7-18(13-15)28-22-21(27)24(32)30(25(22)33)19-8-4-6-16(14-19)26(34)36-2/h3-14,28H,1-2H3,(H,29,31). The molecule has 0 radical (unpaired) electrons. The van der Waals surface area contributed by atoms with Crippen LogP contribution in [0.5, 0.6) is 5.75 Å². The lowest BCUT2D eigenvalue weighted by molar-refractivity contribution is -0.120. The number of amides is 3. The van der Waals surface area contributed by atoms with Crippen molar-refractivity contribution in [3.8, 4) is 5.75 Å². The molecule has 0 fully saturated rings. The van der Waals surface area contributed by atoms with Gasteiger partial charge >= 0.3 is 5.97 Å². The van der Waals surface area contributed by atoms with Crippen molar-refractivity contribution in [3.63, 3.8) is 0 Å². The van der Waals surface area contributed by atoms with E-state index in [4.69, 9.17) is 21.1 Å². The van der Waals surface area contributed by atoms with Crippen LogP contribution in [0.25, 0.3) is 0 Å². The molecule has 1 heterocycles. The van der Waals surface area contributed by atoms with Crippen molar-refractivity contribution in [2.24, 2.45) is 0 Å². The van der Waals surface area contributed by atoms with Gasteiger partial charge in [0.15, 0.2) is 0 Å². The van der Waals surface area contributed by atoms with Crippen molar-refractivity contribution >= 4 is 52.4 Å². The first-order valence-corrected chi connectivity index (χ1v) is 11.0. The number of carbonyl (C=O) groups is 4. The molecule has 0 saturated heterocycles. The summed E-state index contributed by atoms with van der Waals surface area (Å²) in [7, 11) is 2.78. The maximum atomic E-state index is 13.1. The van der Waals surface area contributed by atoms with Gasteiger partial charge in [-0.3, -0.25) is 14.4 Å². The van der Waals surface area contributed by atoms with E-state index in [1.807, 2.05) is 0 Å².